The fourth-order valence-electron chi connectivity index (χ4n) is 2.57. The standard InChI is InChI=1S/C18H31N.H2O/c1-4-5-6-7-8-9-10-11-12-19-18-14-16(2)13-17(3)15-18;/h13-15,19H,4-12H2,1-3H3;1H2. The summed E-state index contributed by atoms with van der Waals surface area (Å²) < 4.78 is 0. The van der Waals surface area contributed by atoms with Crippen LogP contribution in [0.1, 0.15) is 69.4 Å². The summed E-state index contributed by atoms with van der Waals surface area (Å²) >= 11 is 0. The first-order valence-electron chi connectivity index (χ1n) is 8.04. The van der Waals surface area contributed by atoms with Gasteiger partial charge < -0.3 is 10.8 Å². The summed E-state index contributed by atoms with van der Waals surface area (Å²) in [6.45, 7) is 7.71. The third-order valence-electron chi connectivity index (χ3n) is 3.58. The lowest BCUT2D eigenvalue weighted by Gasteiger charge is -2.08. The lowest BCUT2D eigenvalue weighted by Crippen LogP contribution is -2.01. The molecule has 1 aromatic rings. The number of nitrogens with one attached hydrogen (secondary N) is 1. The Balaban J connectivity index is 0.00000361. The monoisotopic (exact) mass is 279 g/mol. The van der Waals surface area contributed by atoms with Crippen LogP contribution in [-0.2, 0) is 0 Å². The van der Waals surface area contributed by atoms with Crippen molar-refractivity contribution in [3.8, 4) is 0 Å². The van der Waals surface area contributed by atoms with Gasteiger partial charge in [-0.05, 0) is 43.5 Å². The van der Waals surface area contributed by atoms with Crippen LogP contribution < -0.4 is 5.32 Å². The predicted molar refractivity (Wildman–Crippen MR) is 90.6 cm³/mol. The van der Waals surface area contributed by atoms with Crippen molar-refractivity contribution in [3.63, 3.8) is 0 Å². The summed E-state index contributed by atoms with van der Waals surface area (Å²) in [7, 11) is 0. The molecular weight excluding hydrogens is 246 g/mol. The maximum atomic E-state index is 3.54. The average molecular weight is 279 g/mol. The van der Waals surface area contributed by atoms with Crippen molar-refractivity contribution in [1.82, 2.24) is 0 Å². The van der Waals surface area contributed by atoms with Crippen molar-refractivity contribution in [3.05, 3.63) is 29.3 Å². The van der Waals surface area contributed by atoms with Gasteiger partial charge >= 0.3 is 0 Å². The highest BCUT2D eigenvalue weighted by Crippen LogP contribution is 2.14. The minimum absolute atomic E-state index is 0. The molecule has 0 atom stereocenters. The van der Waals surface area contributed by atoms with Crippen molar-refractivity contribution >= 4 is 5.69 Å². The lowest BCUT2D eigenvalue weighted by molar-refractivity contribution is 0.581. The summed E-state index contributed by atoms with van der Waals surface area (Å²) in [5, 5.41) is 3.54. The Bertz CT molecular complexity index is 329. The second-order valence-electron chi connectivity index (χ2n) is 5.78. The number of hydrogen-bond donors (Lipinski definition) is 1. The van der Waals surface area contributed by atoms with Crippen LogP contribution in [0.3, 0.4) is 0 Å². The fraction of sp³-hybridized carbons (Fsp3) is 0.667. The third kappa shape index (κ3) is 8.98. The van der Waals surface area contributed by atoms with Gasteiger partial charge in [0, 0.05) is 12.2 Å². The lowest BCUT2D eigenvalue weighted by atomic mass is 10.1. The van der Waals surface area contributed by atoms with E-state index in [1.807, 2.05) is 0 Å². The molecular formula is C18H33NO. The molecule has 0 amide bonds. The van der Waals surface area contributed by atoms with E-state index in [-0.39, 0.29) is 5.48 Å². The van der Waals surface area contributed by atoms with E-state index in [0.717, 1.165) is 6.54 Å². The summed E-state index contributed by atoms with van der Waals surface area (Å²) in [6.07, 6.45) is 11.1. The maximum absolute atomic E-state index is 3.54. The summed E-state index contributed by atoms with van der Waals surface area (Å²) in [5.41, 5.74) is 3.97. The molecule has 1 aromatic carbocycles. The van der Waals surface area contributed by atoms with Gasteiger partial charge in [-0.15, -0.1) is 0 Å². The minimum Gasteiger partial charge on any atom is -0.412 e. The van der Waals surface area contributed by atoms with Crippen molar-refractivity contribution in [2.75, 3.05) is 11.9 Å². The molecule has 2 heteroatoms. The number of unbranched alkanes of at least 4 members (excludes halogenated alkanes) is 7. The highest BCUT2D eigenvalue weighted by molar-refractivity contribution is 5.48. The number of rotatable bonds is 10. The van der Waals surface area contributed by atoms with E-state index in [2.05, 4.69) is 44.3 Å². The molecule has 0 bridgehead atoms. The van der Waals surface area contributed by atoms with Gasteiger partial charge in [0.1, 0.15) is 0 Å². The van der Waals surface area contributed by atoms with E-state index in [0.29, 0.717) is 0 Å². The van der Waals surface area contributed by atoms with E-state index in [1.165, 1.54) is 68.2 Å². The Labute approximate surface area is 125 Å². The molecule has 0 unspecified atom stereocenters. The van der Waals surface area contributed by atoms with Gasteiger partial charge in [0.2, 0.25) is 0 Å². The first-order chi connectivity index (χ1) is 9.22. The first-order valence-corrected chi connectivity index (χ1v) is 8.04. The quantitative estimate of drug-likeness (QED) is 0.600. The average Bonchev–Trinajstić information content (AvgIpc) is 2.36. The molecule has 0 saturated heterocycles. The molecule has 0 spiro atoms. The Morgan fingerprint density at radius 3 is 1.80 bits per heavy atom. The van der Waals surface area contributed by atoms with E-state index in [9.17, 15) is 0 Å². The van der Waals surface area contributed by atoms with E-state index >= 15 is 0 Å². The molecule has 0 radical (unpaired) electrons. The number of aryl methyl sites for hydroxylation is 2. The zero-order chi connectivity index (χ0) is 13.9. The Hall–Kier alpha value is -1.02. The van der Waals surface area contributed by atoms with Crippen LogP contribution in [0.2, 0.25) is 0 Å². The maximum Gasteiger partial charge on any atom is 0.0345 e. The molecule has 3 N–H and O–H groups in total. The highest BCUT2D eigenvalue weighted by Gasteiger charge is 1.95. The van der Waals surface area contributed by atoms with Gasteiger partial charge in [0.25, 0.3) is 0 Å². The van der Waals surface area contributed by atoms with Crippen LogP contribution in [-0.4, -0.2) is 12.0 Å². The first kappa shape index (κ1) is 19.0. The van der Waals surface area contributed by atoms with Gasteiger partial charge in [-0.1, -0.05) is 57.9 Å². The molecule has 116 valence electrons. The SMILES string of the molecule is CCCCCCCCCCNc1cc(C)cc(C)c1.O. The molecule has 1 rings (SSSR count). The van der Waals surface area contributed by atoms with Crippen LogP contribution in [0, 0.1) is 13.8 Å². The fourth-order valence-corrected chi connectivity index (χ4v) is 2.57. The van der Waals surface area contributed by atoms with Crippen molar-refractivity contribution in [2.45, 2.75) is 72.1 Å². The van der Waals surface area contributed by atoms with Crippen LogP contribution in [0.15, 0.2) is 18.2 Å². The van der Waals surface area contributed by atoms with Gasteiger partial charge in [-0.3, -0.25) is 0 Å². The smallest absolute Gasteiger partial charge is 0.0345 e. The van der Waals surface area contributed by atoms with Gasteiger partial charge in [0.15, 0.2) is 0 Å². The Morgan fingerprint density at radius 2 is 1.25 bits per heavy atom. The van der Waals surface area contributed by atoms with Gasteiger partial charge in [-0.25, -0.2) is 0 Å². The third-order valence-corrected chi connectivity index (χ3v) is 3.58. The van der Waals surface area contributed by atoms with Crippen LogP contribution in [0.25, 0.3) is 0 Å². The molecule has 0 heterocycles. The van der Waals surface area contributed by atoms with Crippen molar-refractivity contribution in [1.29, 1.82) is 0 Å². The zero-order valence-electron chi connectivity index (χ0n) is 13.6. The molecule has 2 nitrogen and oxygen atoms in total. The van der Waals surface area contributed by atoms with Crippen molar-refractivity contribution in [2.24, 2.45) is 0 Å². The second-order valence-corrected chi connectivity index (χ2v) is 5.78. The Kier molecular flexibility index (Phi) is 11.2. The number of hydrogen-bond acceptors (Lipinski definition) is 1. The van der Waals surface area contributed by atoms with Gasteiger partial charge in [0.05, 0.1) is 0 Å². The van der Waals surface area contributed by atoms with E-state index < -0.39 is 0 Å². The number of benzene rings is 1. The molecule has 0 aromatic heterocycles. The summed E-state index contributed by atoms with van der Waals surface area (Å²) in [6, 6.07) is 6.69. The Morgan fingerprint density at radius 1 is 0.750 bits per heavy atom. The highest BCUT2D eigenvalue weighted by atomic mass is 16.0. The molecule has 0 aliphatic carbocycles. The van der Waals surface area contributed by atoms with Crippen LogP contribution in [0.4, 0.5) is 5.69 Å². The molecule has 20 heavy (non-hydrogen) atoms. The topological polar surface area (TPSA) is 43.5 Å². The second kappa shape index (κ2) is 11.8. The number of anilines is 1. The largest absolute Gasteiger partial charge is 0.412 e. The zero-order valence-corrected chi connectivity index (χ0v) is 13.6. The summed E-state index contributed by atoms with van der Waals surface area (Å²) in [5.74, 6) is 0. The minimum atomic E-state index is 0. The molecule has 0 fully saturated rings. The van der Waals surface area contributed by atoms with Crippen molar-refractivity contribution < 1.29 is 5.48 Å². The molecule has 0 aliphatic rings. The van der Waals surface area contributed by atoms with Gasteiger partial charge in [-0.2, -0.15) is 0 Å². The van der Waals surface area contributed by atoms with E-state index in [1.54, 1.807) is 0 Å². The molecule has 0 saturated carbocycles. The summed E-state index contributed by atoms with van der Waals surface area (Å²) in [4.78, 5) is 0. The molecule has 0 aliphatic heterocycles. The normalized spacial score (nSPS) is 10.2. The predicted octanol–water partition coefficient (Wildman–Crippen LogP) is 5.03. The van der Waals surface area contributed by atoms with E-state index in [4.69, 9.17) is 0 Å². The van der Waals surface area contributed by atoms with Crippen LogP contribution >= 0.6 is 0 Å². The van der Waals surface area contributed by atoms with Crippen LogP contribution in [0.5, 0.6) is 0 Å².